The Kier molecular flexibility index (Phi) is 5.55. The van der Waals surface area contributed by atoms with Gasteiger partial charge in [0.15, 0.2) is 0 Å². The third-order valence-electron chi connectivity index (χ3n) is 3.76. The molecule has 2 aromatic rings. The second kappa shape index (κ2) is 7.61. The van der Waals surface area contributed by atoms with Gasteiger partial charge in [0, 0.05) is 0 Å². The van der Waals surface area contributed by atoms with Crippen molar-refractivity contribution in [3.63, 3.8) is 0 Å². The van der Waals surface area contributed by atoms with Gasteiger partial charge in [-0.3, -0.25) is 0 Å². The van der Waals surface area contributed by atoms with Crippen LogP contribution in [-0.4, -0.2) is 0 Å². The summed E-state index contributed by atoms with van der Waals surface area (Å²) in [7, 11) is 0. The second-order valence-electron chi connectivity index (χ2n) is 5.58. The summed E-state index contributed by atoms with van der Waals surface area (Å²) in [5.74, 6) is 0. The Bertz CT molecular complexity index is 700. The number of allylic oxidation sites excluding steroid dienone is 5. The molecule has 2 rings (SSSR count). The quantitative estimate of drug-likeness (QED) is 0.561. The summed E-state index contributed by atoms with van der Waals surface area (Å²) in [6, 6.07) is 17.0. The van der Waals surface area contributed by atoms with Crippen LogP contribution in [0.25, 0.3) is 11.1 Å². The van der Waals surface area contributed by atoms with E-state index in [-0.39, 0.29) is 0 Å². The van der Waals surface area contributed by atoms with Crippen LogP contribution in [0.1, 0.15) is 35.6 Å². The average Bonchev–Trinajstić information content (AvgIpc) is 2.54. The molecule has 2 aromatic carbocycles. The van der Waals surface area contributed by atoms with Gasteiger partial charge in [-0.1, -0.05) is 85.8 Å². The van der Waals surface area contributed by atoms with Crippen LogP contribution in [0.2, 0.25) is 0 Å². The van der Waals surface area contributed by atoms with Crippen molar-refractivity contribution in [2.24, 2.45) is 0 Å². The highest BCUT2D eigenvalue weighted by Crippen LogP contribution is 2.32. The zero-order valence-corrected chi connectivity index (χ0v) is 13.8. The first-order chi connectivity index (χ1) is 10.6. The summed E-state index contributed by atoms with van der Waals surface area (Å²) in [4.78, 5) is 0. The topological polar surface area (TPSA) is 0 Å². The largest absolute Gasteiger partial charge is 0.0905 e. The maximum Gasteiger partial charge on any atom is -0.0111 e. The van der Waals surface area contributed by atoms with Crippen LogP contribution in [0.4, 0.5) is 0 Å². The summed E-state index contributed by atoms with van der Waals surface area (Å²) < 4.78 is 0. The van der Waals surface area contributed by atoms with Crippen LogP contribution in [0, 0.1) is 13.8 Å². The van der Waals surface area contributed by atoms with E-state index in [9.17, 15) is 0 Å². The minimum absolute atomic E-state index is 1.04. The van der Waals surface area contributed by atoms with Crippen molar-refractivity contribution in [2.45, 2.75) is 27.2 Å². The molecular formula is C22H24. The Morgan fingerprint density at radius 2 is 1.77 bits per heavy atom. The molecule has 0 amide bonds. The molecule has 0 nitrogen and oxygen atoms in total. The molecule has 0 aliphatic heterocycles. The van der Waals surface area contributed by atoms with Crippen molar-refractivity contribution < 1.29 is 0 Å². The van der Waals surface area contributed by atoms with Crippen LogP contribution in [0.3, 0.4) is 0 Å². The van der Waals surface area contributed by atoms with E-state index in [1.165, 1.54) is 27.8 Å². The molecular weight excluding hydrogens is 264 g/mol. The van der Waals surface area contributed by atoms with Gasteiger partial charge in [0.05, 0.1) is 0 Å². The lowest BCUT2D eigenvalue weighted by Gasteiger charge is -2.14. The first kappa shape index (κ1) is 16.0. The van der Waals surface area contributed by atoms with E-state index in [0.29, 0.717) is 0 Å². The molecule has 0 heterocycles. The lowest BCUT2D eigenvalue weighted by molar-refractivity contribution is 1.22. The van der Waals surface area contributed by atoms with Crippen LogP contribution in [-0.2, 0) is 0 Å². The van der Waals surface area contributed by atoms with Crippen molar-refractivity contribution in [2.75, 3.05) is 0 Å². The fraction of sp³-hybridized carbons (Fsp3) is 0.182. The smallest absolute Gasteiger partial charge is 0.0111 e. The van der Waals surface area contributed by atoms with Gasteiger partial charge < -0.3 is 0 Å². The van der Waals surface area contributed by atoms with E-state index >= 15 is 0 Å². The predicted octanol–water partition coefficient (Wildman–Crippen LogP) is 6.37. The fourth-order valence-corrected chi connectivity index (χ4v) is 2.50. The molecule has 112 valence electrons. The standard InChI is InChI=1S/C22H24/c1-5-6-8-13-21(20-11-9-7-10-12-20)19(4)22-16-17(2)14-15-18(22)3/h6-16H,4-5H2,1-3H3/b8-6-,21-13+. The average molecular weight is 288 g/mol. The Balaban J connectivity index is 2.49. The van der Waals surface area contributed by atoms with Gasteiger partial charge in [0.1, 0.15) is 0 Å². The van der Waals surface area contributed by atoms with E-state index in [1.54, 1.807) is 0 Å². The molecule has 0 saturated heterocycles. The van der Waals surface area contributed by atoms with Crippen molar-refractivity contribution in [3.8, 4) is 0 Å². The predicted molar refractivity (Wildman–Crippen MR) is 98.8 cm³/mol. The van der Waals surface area contributed by atoms with E-state index in [4.69, 9.17) is 0 Å². The highest BCUT2D eigenvalue weighted by atomic mass is 14.1. The molecule has 0 radical (unpaired) electrons. The highest BCUT2D eigenvalue weighted by molar-refractivity contribution is 6.05. The summed E-state index contributed by atoms with van der Waals surface area (Å²) in [6.45, 7) is 10.8. The lowest BCUT2D eigenvalue weighted by atomic mass is 9.90. The maximum atomic E-state index is 4.38. The molecule has 0 aliphatic carbocycles. The zero-order valence-electron chi connectivity index (χ0n) is 13.8. The SMILES string of the molecule is C=C(/C(=C\C=C/CC)c1ccccc1)c1cc(C)ccc1C. The van der Waals surface area contributed by atoms with Gasteiger partial charge in [-0.2, -0.15) is 0 Å². The van der Waals surface area contributed by atoms with Crippen LogP contribution in [0.5, 0.6) is 0 Å². The van der Waals surface area contributed by atoms with Gasteiger partial charge in [0.2, 0.25) is 0 Å². The summed E-state index contributed by atoms with van der Waals surface area (Å²) in [6.07, 6.45) is 7.50. The van der Waals surface area contributed by atoms with E-state index in [1.807, 2.05) is 6.07 Å². The molecule has 0 aliphatic rings. The lowest BCUT2D eigenvalue weighted by Crippen LogP contribution is -1.93. The Morgan fingerprint density at radius 1 is 1.05 bits per heavy atom. The van der Waals surface area contributed by atoms with Crippen LogP contribution < -0.4 is 0 Å². The minimum atomic E-state index is 1.04. The number of hydrogen-bond donors (Lipinski definition) is 0. The molecule has 0 heteroatoms. The van der Waals surface area contributed by atoms with Crippen molar-refractivity contribution in [1.82, 2.24) is 0 Å². The third-order valence-corrected chi connectivity index (χ3v) is 3.76. The van der Waals surface area contributed by atoms with Crippen LogP contribution in [0.15, 0.2) is 73.3 Å². The minimum Gasteiger partial charge on any atom is -0.0905 e. The normalized spacial score (nSPS) is 11.9. The summed E-state index contributed by atoms with van der Waals surface area (Å²) >= 11 is 0. The van der Waals surface area contributed by atoms with Crippen molar-refractivity contribution in [1.29, 1.82) is 0 Å². The summed E-state index contributed by atoms with van der Waals surface area (Å²) in [5, 5.41) is 0. The molecule has 0 fully saturated rings. The van der Waals surface area contributed by atoms with Gasteiger partial charge in [-0.25, -0.2) is 0 Å². The Hall–Kier alpha value is -2.34. The van der Waals surface area contributed by atoms with E-state index < -0.39 is 0 Å². The fourth-order valence-electron chi connectivity index (χ4n) is 2.50. The van der Waals surface area contributed by atoms with Gasteiger partial charge in [-0.15, -0.1) is 0 Å². The molecule has 0 N–H and O–H groups in total. The molecule has 22 heavy (non-hydrogen) atoms. The van der Waals surface area contributed by atoms with Gasteiger partial charge >= 0.3 is 0 Å². The molecule has 0 saturated carbocycles. The van der Waals surface area contributed by atoms with Gasteiger partial charge in [-0.05, 0) is 48.1 Å². The monoisotopic (exact) mass is 288 g/mol. The first-order valence-electron chi connectivity index (χ1n) is 7.82. The third kappa shape index (κ3) is 3.85. The molecule has 0 unspecified atom stereocenters. The zero-order chi connectivity index (χ0) is 15.9. The number of benzene rings is 2. The van der Waals surface area contributed by atoms with Crippen LogP contribution >= 0.6 is 0 Å². The second-order valence-corrected chi connectivity index (χ2v) is 5.58. The van der Waals surface area contributed by atoms with E-state index in [0.717, 1.165) is 12.0 Å². The van der Waals surface area contributed by atoms with E-state index in [2.05, 4.69) is 88.0 Å². The van der Waals surface area contributed by atoms with Crippen molar-refractivity contribution >= 4 is 11.1 Å². The molecule has 0 bridgehead atoms. The number of hydrogen-bond acceptors (Lipinski definition) is 0. The molecule has 0 atom stereocenters. The molecule has 0 spiro atoms. The van der Waals surface area contributed by atoms with Crippen molar-refractivity contribution in [3.05, 3.63) is 95.6 Å². The number of aryl methyl sites for hydroxylation is 2. The Morgan fingerprint density at radius 3 is 2.45 bits per heavy atom. The van der Waals surface area contributed by atoms with Gasteiger partial charge in [0.25, 0.3) is 0 Å². The first-order valence-corrected chi connectivity index (χ1v) is 7.82. The molecule has 0 aromatic heterocycles. The summed E-state index contributed by atoms with van der Waals surface area (Å²) in [5.41, 5.74) is 7.21. The number of rotatable bonds is 5. The highest BCUT2D eigenvalue weighted by Gasteiger charge is 2.10. The Labute approximate surface area is 134 Å². The maximum absolute atomic E-state index is 4.38.